The lowest BCUT2D eigenvalue weighted by atomic mass is 10.2. The molecular formula is C11H10BrNO2S. The molecule has 0 saturated heterocycles. The molecule has 1 aromatic rings. The van der Waals surface area contributed by atoms with Gasteiger partial charge in [0.25, 0.3) is 0 Å². The maximum absolute atomic E-state index is 11.3. The second-order valence-corrected chi connectivity index (χ2v) is 5.32. The maximum Gasteiger partial charge on any atom is 0.331 e. The average molecular weight is 300 g/mol. The third-order valence-corrected chi connectivity index (χ3v) is 3.58. The van der Waals surface area contributed by atoms with Crippen molar-refractivity contribution in [1.29, 1.82) is 0 Å². The lowest BCUT2D eigenvalue weighted by Crippen LogP contribution is -2.00. The molecule has 0 saturated carbocycles. The Labute approximate surface area is 106 Å². The van der Waals surface area contributed by atoms with Crippen LogP contribution in [0.15, 0.2) is 32.6 Å². The summed E-state index contributed by atoms with van der Waals surface area (Å²) >= 11 is 4.95. The van der Waals surface area contributed by atoms with Crippen molar-refractivity contribution in [2.75, 3.05) is 6.61 Å². The van der Waals surface area contributed by atoms with Gasteiger partial charge in [-0.15, -0.1) is 0 Å². The van der Waals surface area contributed by atoms with Crippen LogP contribution < -0.4 is 0 Å². The van der Waals surface area contributed by atoms with Crippen LogP contribution in [-0.2, 0) is 16.0 Å². The Morgan fingerprint density at radius 3 is 3.31 bits per heavy atom. The van der Waals surface area contributed by atoms with E-state index in [9.17, 15) is 4.79 Å². The summed E-state index contributed by atoms with van der Waals surface area (Å²) in [5.74, 6) is -0.281. The van der Waals surface area contributed by atoms with E-state index < -0.39 is 0 Å². The fraction of sp³-hybridized carbons (Fsp3) is 0.273. The van der Waals surface area contributed by atoms with Crippen molar-refractivity contribution in [2.45, 2.75) is 18.2 Å². The van der Waals surface area contributed by atoms with Crippen LogP contribution in [0.25, 0.3) is 0 Å². The summed E-state index contributed by atoms with van der Waals surface area (Å²) in [4.78, 5) is 17.7. The highest BCUT2D eigenvalue weighted by Crippen LogP contribution is 2.39. The SMILES string of the molecule is CCOC(=O)/C=C1\Cc2ncc(Br)cc2S1. The summed E-state index contributed by atoms with van der Waals surface area (Å²) in [6, 6.07) is 2.01. The van der Waals surface area contributed by atoms with Gasteiger partial charge in [-0.05, 0) is 28.9 Å². The Morgan fingerprint density at radius 2 is 2.56 bits per heavy atom. The van der Waals surface area contributed by atoms with E-state index in [-0.39, 0.29) is 5.97 Å². The van der Waals surface area contributed by atoms with Crippen LogP contribution in [0.5, 0.6) is 0 Å². The molecule has 5 heteroatoms. The Balaban J connectivity index is 2.13. The van der Waals surface area contributed by atoms with Crippen molar-refractivity contribution in [2.24, 2.45) is 0 Å². The molecule has 2 rings (SSSR count). The van der Waals surface area contributed by atoms with Gasteiger partial charge in [0.05, 0.1) is 12.3 Å². The first-order chi connectivity index (χ1) is 7.69. The largest absolute Gasteiger partial charge is 0.463 e. The van der Waals surface area contributed by atoms with Gasteiger partial charge in [0.15, 0.2) is 0 Å². The van der Waals surface area contributed by atoms with Crippen LogP contribution in [0.4, 0.5) is 0 Å². The van der Waals surface area contributed by atoms with Gasteiger partial charge in [-0.3, -0.25) is 4.98 Å². The number of pyridine rings is 1. The molecule has 2 heterocycles. The van der Waals surface area contributed by atoms with E-state index in [0.717, 1.165) is 20.0 Å². The first-order valence-electron chi connectivity index (χ1n) is 4.88. The first kappa shape index (κ1) is 11.7. The summed E-state index contributed by atoms with van der Waals surface area (Å²) in [6.07, 6.45) is 4.03. The molecule has 0 aromatic carbocycles. The van der Waals surface area contributed by atoms with Crippen molar-refractivity contribution in [3.05, 3.63) is 33.4 Å². The van der Waals surface area contributed by atoms with Crippen molar-refractivity contribution in [1.82, 2.24) is 4.98 Å². The third-order valence-electron chi connectivity index (χ3n) is 2.05. The topological polar surface area (TPSA) is 39.2 Å². The minimum atomic E-state index is -0.281. The van der Waals surface area contributed by atoms with Gasteiger partial charge in [0.1, 0.15) is 0 Å². The predicted octanol–water partition coefficient (Wildman–Crippen LogP) is 2.94. The zero-order valence-electron chi connectivity index (χ0n) is 8.70. The molecule has 0 radical (unpaired) electrons. The maximum atomic E-state index is 11.3. The second kappa shape index (κ2) is 5.01. The highest BCUT2D eigenvalue weighted by atomic mass is 79.9. The summed E-state index contributed by atoms with van der Waals surface area (Å²) in [7, 11) is 0. The van der Waals surface area contributed by atoms with Gasteiger partial charge in [0, 0.05) is 33.0 Å². The number of allylic oxidation sites excluding steroid dienone is 1. The molecule has 0 unspecified atom stereocenters. The van der Waals surface area contributed by atoms with Crippen molar-refractivity contribution in [3.8, 4) is 0 Å². The van der Waals surface area contributed by atoms with Crippen molar-refractivity contribution in [3.63, 3.8) is 0 Å². The number of thioether (sulfide) groups is 1. The normalized spacial score (nSPS) is 16.2. The molecule has 16 heavy (non-hydrogen) atoms. The molecule has 0 fully saturated rings. The molecule has 1 aliphatic rings. The van der Waals surface area contributed by atoms with Gasteiger partial charge in [-0.1, -0.05) is 11.8 Å². The molecule has 84 valence electrons. The summed E-state index contributed by atoms with van der Waals surface area (Å²) in [6.45, 7) is 2.20. The number of hydrogen-bond acceptors (Lipinski definition) is 4. The molecule has 1 aliphatic heterocycles. The van der Waals surface area contributed by atoms with E-state index in [0.29, 0.717) is 13.0 Å². The first-order valence-corrected chi connectivity index (χ1v) is 6.49. The second-order valence-electron chi connectivity index (χ2n) is 3.24. The van der Waals surface area contributed by atoms with Crippen LogP contribution in [0.2, 0.25) is 0 Å². The van der Waals surface area contributed by atoms with Gasteiger partial charge < -0.3 is 4.74 Å². The van der Waals surface area contributed by atoms with Gasteiger partial charge in [0.2, 0.25) is 0 Å². The Bertz CT molecular complexity index is 459. The number of nitrogens with zero attached hydrogens (tertiary/aromatic N) is 1. The standard InChI is InChI=1S/C11H10BrNO2S/c1-2-15-11(14)5-8-4-9-10(16-8)3-7(12)6-13-9/h3,5-6H,2,4H2,1H3/b8-5+. The van der Waals surface area contributed by atoms with E-state index in [1.807, 2.05) is 6.07 Å². The highest BCUT2D eigenvalue weighted by Gasteiger charge is 2.19. The minimum absolute atomic E-state index is 0.281. The number of carbonyl (C=O) groups excluding carboxylic acids is 1. The number of fused-ring (bicyclic) bond motifs is 1. The fourth-order valence-corrected chi connectivity index (χ4v) is 2.97. The van der Waals surface area contributed by atoms with Crippen LogP contribution >= 0.6 is 27.7 Å². The molecule has 0 aliphatic carbocycles. The zero-order valence-corrected chi connectivity index (χ0v) is 11.1. The number of ether oxygens (including phenoxy) is 1. The highest BCUT2D eigenvalue weighted by molar-refractivity contribution is 9.10. The fourth-order valence-electron chi connectivity index (χ4n) is 1.41. The Morgan fingerprint density at radius 1 is 1.75 bits per heavy atom. The monoisotopic (exact) mass is 299 g/mol. The van der Waals surface area contributed by atoms with Gasteiger partial charge in [-0.2, -0.15) is 0 Å². The zero-order chi connectivity index (χ0) is 11.5. The lowest BCUT2D eigenvalue weighted by Gasteiger charge is -1.96. The predicted molar refractivity (Wildman–Crippen MR) is 66.2 cm³/mol. The molecule has 0 atom stereocenters. The number of hydrogen-bond donors (Lipinski definition) is 0. The number of carbonyl (C=O) groups is 1. The summed E-state index contributed by atoms with van der Waals surface area (Å²) in [5, 5.41) is 0. The van der Waals surface area contributed by atoms with Gasteiger partial charge in [-0.25, -0.2) is 4.79 Å². The number of halogens is 1. The molecule has 1 aromatic heterocycles. The van der Waals surface area contributed by atoms with Crippen LogP contribution in [0, 0.1) is 0 Å². The van der Waals surface area contributed by atoms with Crippen molar-refractivity contribution < 1.29 is 9.53 Å². The molecule has 0 N–H and O–H groups in total. The summed E-state index contributed by atoms with van der Waals surface area (Å²) < 4.78 is 5.82. The van der Waals surface area contributed by atoms with E-state index in [2.05, 4.69) is 20.9 Å². The third kappa shape index (κ3) is 2.65. The minimum Gasteiger partial charge on any atom is -0.463 e. The van der Waals surface area contributed by atoms with E-state index in [1.54, 1.807) is 31.0 Å². The molecule has 0 spiro atoms. The van der Waals surface area contributed by atoms with Crippen LogP contribution in [0.1, 0.15) is 12.6 Å². The molecule has 0 amide bonds. The van der Waals surface area contributed by atoms with E-state index in [4.69, 9.17) is 4.74 Å². The van der Waals surface area contributed by atoms with Gasteiger partial charge >= 0.3 is 5.97 Å². The van der Waals surface area contributed by atoms with E-state index in [1.165, 1.54) is 0 Å². The lowest BCUT2D eigenvalue weighted by molar-refractivity contribution is -0.137. The molecule has 3 nitrogen and oxygen atoms in total. The summed E-state index contributed by atoms with van der Waals surface area (Å²) in [5.41, 5.74) is 1.02. The van der Waals surface area contributed by atoms with Crippen LogP contribution in [0.3, 0.4) is 0 Å². The Hall–Kier alpha value is -0.810. The smallest absolute Gasteiger partial charge is 0.331 e. The number of rotatable bonds is 2. The number of aromatic nitrogens is 1. The van der Waals surface area contributed by atoms with Crippen LogP contribution in [-0.4, -0.2) is 17.6 Å². The average Bonchev–Trinajstić information content (AvgIpc) is 2.59. The van der Waals surface area contributed by atoms with E-state index >= 15 is 0 Å². The Kier molecular flexibility index (Phi) is 3.66. The molecular weight excluding hydrogens is 290 g/mol. The molecule has 0 bridgehead atoms. The number of esters is 1. The van der Waals surface area contributed by atoms with Crippen molar-refractivity contribution >= 4 is 33.7 Å². The quantitative estimate of drug-likeness (QED) is 0.622.